The monoisotopic (exact) mass is 493 g/mol. The smallest absolute Gasteiger partial charge is 0.236 e. The summed E-state index contributed by atoms with van der Waals surface area (Å²) in [4.78, 5) is 17.0. The molecule has 0 saturated heterocycles. The van der Waals surface area contributed by atoms with Crippen molar-refractivity contribution in [3.05, 3.63) is 70.9 Å². The molecule has 0 saturated carbocycles. The maximum atomic E-state index is 12.5. The first-order valence-electron chi connectivity index (χ1n) is 11.1. The van der Waals surface area contributed by atoms with Crippen LogP contribution in [0.3, 0.4) is 0 Å². The molecule has 0 fully saturated rings. The lowest BCUT2D eigenvalue weighted by molar-refractivity contribution is -0.113. The normalized spacial score (nSPS) is 10.9. The van der Waals surface area contributed by atoms with Crippen molar-refractivity contribution < 1.29 is 9.53 Å². The summed E-state index contributed by atoms with van der Waals surface area (Å²) in [6.07, 6.45) is 0.995. The van der Waals surface area contributed by atoms with Crippen molar-refractivity contribution in [2.24, 2.45) is 0 Å². The number of ether oxygens (including phenoxy) is 1. The minimum Gasteiger partial charge on any atom is -0.486 e. The number of thiazole rings is 1. The van der Waals surface area contributed by atoms with Crippen LogP contribution >= 0.6 is 23.1 Å². The minimum atomic E-state index is -0.130. The summed E-state index contributed by atoms with van der Waals surface area (Å²) in [5.74, 6) is 1.61. The highest BCUT2D eigenvalue weighted by Gasteiger charge is 2.15. The zero-order chi connectivity index (χ0) is 23.9. The van der Waals surface area contributed by atoms with E-state index in [1.165, 1.54) is 34.2 Å². The van der Waals surface area contributed by atoms with Gasteiger partial charge >= 0.3 is 0 Å². The van der Waals surface area contributed by atoms with Gasteiger partial charge in [0.1, 0.15) is 12.4 Å². The van der Waals surface area contributed by atoms with Crippen molar-refractivity contribution in [2.45, 2.75) is 45.5 Å². The number of rotatable bonds is 10. The van der Waals surface area contributed by atoms with E-state index in [0.717, 1.165) is 29.3 Å². The number of anilines is 1. The van der Waals surface area contributed by atoms with Crippen LogP contribution in [0, 0.1) is 6.92 Å². The number of carbonyl (C=O) groups excluding carboxylic acids is 1. The first-order chi connectivity index (χ1) is 16.6. The number of nitrogens with one attached hydrogen (secondary N) is 1. The predicted molar refractivity (Wildman–Crippen MR) is 137 cm³/mol. The molecule has 176 valence electrons. The fraction of sp³-hybridized carbons (Fsp3) is 0.280. The average molecular weight is 494 g/mol. The Hall–Kier alpha value is -3.17. The molecule has 4 rings (SSSR count). The summed E-state index contributed by atoms with van der Waals surface area (Å²) in [6.45, 7) is 7.21. The second-order valence-electron chi connectivity index (χ2n) is 7.67. The maximum absolute atomic E-state index is 12.5. The molecule has 2 aromatic heterocycles. The van der Waals surface area contributed by atoms with Gasteiger partial charge in [-0.2, -0.15) is 0 Å². The van der Waals surface area contributed by atoms with Crippen LogP contribution in [0.15, 0.2) is 59.1 Å². The summed E-state index contributed by atoms with van der Waals surface area (Å²) in [5.41, 5.74) is 4.35. The van der Waals surface area contributed by atoms with Crippen LogP contribution in [0.2, 0.25) is 0 Å². The molecule has 0 atom stereocenters. The van der Waals surface area contributed by atoms with Crippen LogP contribution in [0.25, 0.3) is 11.3 Å². The molecule has 1 N–H and O–H groups in total. The second-order valence-corrected chi connectivity index (χ2v) is 9.47. The summed E-state index contributed by atoms with van der Waals surface area (Å²) in [6, 6.07) is 16.2. The highest BCUT2D eigenvalue weighted by molar-refractivity contribution is 7.99. The van der Waals surface area contributed by atoms with E-state index in [1.54, 1.807) is 0 Å². The van der Waals surface area contributed by atoms with Gasteiger partial charge in [-0.3, -0.25) is 4.79 Å². The van der Waals surface area contributed by atoms with Crippen molar-refractivity contribution in [3.8, 4) is 17.0 Å². The fourth-order valence-electron chi connectivity index (χ4n) is 3.29. The van der Waals surface area contributed by atoms with Gasteiger partial charge in [-0.1, -0.05) is 60.6 Å². The quantitative estimate of drug-likeness (QED) is 0.290. The molecule has 2 heterocycles. The van der Waals surface area contributed by atoms with Crippen LogP contribution in [-0.2, 0) is 24.4 Å². The Morgan fingerprint density at radius 2 is 1.85 bits per heavy atom. The summed E-state index contributed by atoms with van der Waals surface area (Å²) < 4.78 is 7.85. The summed E-state index contributed by atoms with van der Waals surface area (Å²) in [7, 11) is 0. The van der Waals surface area contributed by atoms with Crippen molar-refractivity contribution in [3.63, 3.8) is 0 Å². The molecule has 4 aromatic rings. The van der Waals surface area contributed by atoms with Crippen LogP contribution in [0.4, 0.5) is 5.13 Å². The number of aryl methyl sites for hydroxylation is 2. The lowest BCUT2D eigenvalue weighted by Crippen LogP contribution is -2.14. The third-order valence-electron chi connectivity index (χ3n) is 5.24. The third kappa shape index (κ3) is 6.03. The van der Waals surface area contributed by atoms with Crippen LogP contribution in [0.1, 0.15) is 30.8 Å². The highest BCUT2D eigenvalue weighted by Crippen LogP contribution is 2.26. The molecule has 0 aliphatic rings. The summed E-state index contributed by atoms with van der Waals surface area (Å²) in [5, 5.41) is 14.6. The fourth-order valence-corrected chi connectivity index (χ4v) is 4.85. The Kier molecular flexibility index (Phi) is 7.97. The van der Waals surface area contributed by atoms with E-state index in [2.05, 4.69) is 58.6 Å². The standard InChI is InChI=1S/C25H27N5O2S2/c1-4-18-8-12-20(13-9-18)32-14-22-28-29-25(30(22)5-2)34-16-23(31)27-24-26-21(15-33-24)19-10-6-17(3)7-11-19/h6-13,15H,4-5,14,16H2,1-3H3,(H,26,27,31). The first-order valence-corrected chi connectivity index (χ1v) is 13.0. The van der Waals surface area contributed by atoms with Gasteiger partial charge in [-0.15, -0.1) is 21.5 Å². The molecule has 0 unspecified atom stereocenters. The third-order valence-corrected chi connectivity index (χ3v) is 6.96. The lowest BCUT2D eigenvalue weighted by atomic mass is 10.1. The number of thioether (sulfide) groups is 1. The van der Waals surface area contributed by atoms with Crippen molar-refractivity contribution >= 4 is 34.1 Å². The molecule has 2 aromatic carbocycles. The largest absolute Gasteiger partial charge is 0.486 e. The van der Waals surface area contributed by atoms with Gasteiger partial charge in [-0.05, 0) is 38.0 Å². The van der Waals surface area contributed by atoms with E-state index in [-0.39, 0.29) is 11.7 Å². The van der Waals surface area contributed by atoms with Crippen molar-refractivity contribution in [1.29, 1.82) is 0 Å². The number of hydrogen-bond acceptors (Lipinski definition) is 7. The number of amides is 1. The number of aromatic nitrogens is 4. The molecule has 0 bridgehead atoms. The zero-order valence-corrected chi connectivity index (χ0v) is 21.1. The van der Waals surface area contributed by atoms with Gasteiger partial charge in [0.15, 0.2) is 16.1 Å². The molecule has 7 nitrogen and oxygen atoms in total. The van der Waals surface area contributed by atoms with Crippen molar-refractivity contribution in [2.75, 3.05) is 11.1 Å². The van der Waals surface area contributed by atoms with Gasteiger partial charge in [0.2, 0.25) is 5.91 Å². The first kappa shape index (κ1) is 24.0. The second kappa shape index (κ2) is 11.3. The minimum absolute atomic E-state index is 0.130. The van der Waals surface area contributed by atoms with Gasteiger partial charge in [-0.25, -0.2) is 4.98 Å². The number of nitrogens with zero attached hydrogens (tertiary/aromatic N) is 4. The summed E-state index contributed by atoms with van der Waals surface area (Å²) >= 11 is 2.76. The molecule has 0 spiro atoms. The Morgan fingerprint density at radius 3 is 2.56 bits per heavy atom. The Bertz CT molecular complexity index is 1230. The molecular formula is C25H27N5O2S2. The average Bonchev–Trinajstić information content (AvgIpc) is 3.48. The maximum Gasteiger partial charge on any atom is 0.236 e. The Labute approximate surface area is 207 Å². The van der Waals surface area contributed by atoms with Gasteiger partial charge < -0.3 is 14.6 Å². The molecule has 34 heavy (non-hydrogen) atoms. The highest BCUT2D eigenvalue weighted by atomic mass is 32.2. The van der Waals surface area contributed by atoms with Crippen molar-refractivity contribution in [1.82, 2.24) is 19.7 Å². The number of hydrogen-bond donors (Lipinski definition) is 1. The van der Waals surface area contributed by atoms with E-state index in [1.807, 2.05) is 41.1 Å². The number of carbonyl (C=O) groups is 1. The van der Waals surface area contributed by atoms with E-state index >= 15 is 0 Å². The molecule has 9 heteroatoms. The molecule has 0 aliphatic heterocycles. The van der Waals surface area contributed by atoms with Crippen LogP contribution < -0.4 is 10.1 Å². The van der Waals surface area contributed by atoms with Crippen LogP contribution in [-0.4, -0.2) is 31.4 Å². The van der Waals surface area contributed by atoms with Crippen LogP contribution in [0.5, 0.6) is 5.75 Å². The molecule has 1 amide bonds. The van der Waals surface area contributed by atoms with E-state index in [0.29, 0.717) is 23.4 Å². The lowest BCUT2D eigenvalue weighted by Gasteiger charge is -2.09. The van der Waals surface area contributed by atoms with Gasteiger partial charge in [0, 0.05) is 17.5 Å². The topological polar surface area (TPSA) is 81.9 Å². The van der Waals surface area contributed by atoms with Gasteiger partial charge in [0.25, 0.3) is 0 Å². The van der Waals surface area contributed by atoms with E-state index in [4.69, 9.17) is 4.74 Å². The molecular weight excluding hydrogens is 466 g/mol. The molecule has 0 aliphatic carbocycles. The number of benzene rings is 2. The SMILES string of the molecule is CCc1ccc(OCc2nnc(SCC(=O)Nc3nc(-c4ccc(C)cc4)cs3)n2CC)cc1. The predicted octanol–water partition coefficient (Wildman–Crippen LogP) is 5.60. The Morgan fingerprint density at radius 1 is 1.09 bits per heavy atom. The zero-order valence-electron chi connectivity index (χ0n) is 19.4. The van der Waals surface area contributed by atoms with E-state index in [9.17, 15) is 4.79 Å². The molecule has 0 radical (unpaired) electrons. The van der Waals surface area contributed by atoms with Gasteiger partial charge in [0.05, 0.1) is 11.4 Å². The Balaban J connectivity index is 1.31. The van der Waals surface area contributed by atoms with E-state index < -0.39 is 0 Å².